The Balaban J connectivity index is 1.07. The Morgan fingerprint density at radius 2 is 0.675 bits per heavy atom. The van der Waals surface area contributed by atoms with E-state index in [4.69, 9.17) is 27.6 Å². The molecule has 0 aliphatic heterocycles. The van der Waals surface area contributed by atoms with E-state index in [0.29, 0.717) is 23.7 Å². The van der Waals surface area contributed by atoms with Gasteiger partial charge in [0.25, 0.3) is 0 Å². The molecule has 4 saturated carbocycles. The highest BCUT2D eigenvalue weighted by Crippen LogP contribution is 2.63. The van der Waals surface area contributed by atoms with E-state index in [9.17, 15) is 0 Å². The molecular weight excluding hydrogens is 947 g/mol. The number of furan rings is 4. The minimum absolute atomic E-state index is 0.450. The first-order valence-electron chi connectivity index (χ1n) is 28.7. The van der Waals surface area contributed by atoms with Gasteiger partial charge >= 0.3 is 0 Å². The van der Waals surface area contributed by atoms with Crippen LogP contribution in [0.15, 0.2) is 145 Å². The fraction of sp³-hybridized carbons (Fsp3) is 0.257. The Hall–Kier alpha value is -8.16. The van der Waals surface area contributed by atoms with Crippen LogP contribution in [-0.4, -0.2) is 14.4 Å². The molecular formula is C70H49N3O4. The Morgan fingerprint density at radius 1 is 0.338 bits per heavy atom. The molecule has 0 saturated heterocycles. The molecule has 368 valence electrons. The van der Waals surface area contributed by atoms with E-state index in [-0.39, 0.29) is 0 Å². The van der Waals surface area contributed by atoms with Crippen molar-refractivity contribution in [2.75, 3.05) is 0 Å². The van der Waals surface area contributed by atoms with Crippen LogP contribution in [-0.2, 0) is 0 Å². The summed E-state index contributed by atoms with van der Waals surface area (Å²) in [5, 5.41) is 14.3. The number of pyridine rings is 2. The topological polar surface area (TPSA) is 82.8 Å². The average molecular weight is 996 g/mol. The molecule has 8 aromatic heterocycles. The first-order valence-corrected chi connectivity index (χ1v) is 28.7. The number of rotatable bonds is 2. The maximum absolute atomic E-state index is 7.01. The van der Waals surface area contributed by atoms with E-state index in [1.165, 1.54) is 136 Å². The molecule has 8 aliphatic rings. The number of hydrogen-bond acceptors (Lipinski definition) is 6. The molecule has 7 aromatic carbocycles. The molecule has 0 radical (unpaired) electrons. The first kappa shape index (κ1) is 40.1. The van der Waals surface area contributed by atoms with Crippen molar-refractivity contribution in [1.29, 1.82) is 0 Å². The van der Waals surface area contributed by atoms with Crippen LogP contribution in [0.4, 0.5) is 0 Å². The van der Waals surface area contributed by atoms with Gasteiger partial charge in [-0.05, 0) is 152 Å². The summed E-state index contributed by atoms with van der Waals surface area (Å²) in [6.45, 7) is 0. The smallest absolute Gasteiger partial charge is 0.139 e. The van der Waals surface area contributed by atoms with E-state index in [1.54, 1.807) is 0 Å². The lowest BCUT2D eigenvalue weighted by Crippen LogP contribution is -2.25. The van der Waals surface area contributed by atoms with E-state index in [1.807, 2.05) is 0 Å². The monoisotopic (exact) mass is 995 g/mol. The summed E-state index contributed by atoms with van der Waals surface area (Å²) in [6.07, 6.45) is 17.3. The van der Waals surface area contributed by atoms with Crippen molar-refractivity contribution in [3.63, 3.8) is 0 Å². The summed E-state index contributed by atoms with van der Waals surface area (Å²) in [5.74, 6) is 4.84. The Bertz CT molecular complexity index is 4690. The highest BCUT2D eigenvalue weighted by atomic mass is 16.3. The average Bonchev–Trinajstić information content (AvgIpc) is 4.46. The molecule has 0 amide bonds. The summed E-state index contributed by atoms with van der Waals surface area (Å²) in [4.78, 5) is 11.5. The van der Waals surface area contributed by atoms with Crippen molar-refractivity contribution in [1.82, 2.24) is 14.4 Å². The van der Waals surface area contributed by atoms with Gasteiger partial charge < -0.3 is 22.1 Å². The van der Waals surface area contributed by atoms with Gasteiger partial charge in [-0.3, -0.25) is 9.97 Å². The minimum Gasteiger partial charge on any atom is -0.456 e. The van der Waals surface area contributed by atoms with Crippen molar-refractivity contribution in [2.45, 2.75) is 87.9 Å². The number of hydrogen-bond donors (Lipinski definition) is 0. The molecule has 7 heteroatoms. The van der Waals surface area contributed by atoms with Crippen molar-refractivity contribution >= 4 is 126 Å². The third-order valence-corrected chi connectivity index (χ3v) is 21.2. The van der Waals surface area contributed by atoms with Crippen LogP contribution in [0, 0.1) is 23.7 Å². The van der Waals surface area contributed by atoms with Crippen molar-refractivity contribution in [3.8, 4) is 22.3 Å². The molecule has 77 heavy (non-hydrogen) atoms. The molecule has 4 fully saturated rings. The van der Waals surface area contributed by atoms with E-state index < -0.39 is 0 Å². The first-order chi connectivity index (χ1) is 38.1. The van der Waals surface area contributed by atoms with Gasteiger partial charge in [0, 0.05) is 111 Å². The second kappa shape index (κ2) is 13.7. The van der Waals surface area contributed by atoms with Gasteiger partial charge in [-0.15, -0.1) is 0 Å². The molecule has 4 atom stereocenters. The maximum Gasteiger partial charge on any atom is 0.139 e. The summed E-state index contributed by atoms with van der Waals surface area (Å²) in [5.41, 5.74) is 21.0. The van der Waals surface area contributed by atoms with Crippen LogP contribution in [0.25, 0.3) is 148 Å². The molecule has 23 rings (SSSR count). The zero-order valence-corrected chi connectivity index (χ0v) is 42.3. The maximum atomic E-state index is 7.01. The van der Waals surface area contributed by atoms with Crippen LogP contribution < -0.4 is 0 Å². The summed E-state index contributed by atoms with van der Waals surface area (Å²) in [6, 6.07) is 41.6. The second-order valence-corrected chi connectivity index (χ2v) is 25.0. The van der Waals surface area contributed by atoms with Gasteiger partial charge in [0.2, 0.25) is 0 Å². The molecule has 8 bridgehead atoms. The predicted octanol–water partition coefficient (Wildman–Crippen LogP) is 19.3. The summed E-state index contributed by atoms with van der Waals surface area (Å²) >= 11 is 0. The van der Waals surface area contributed by atoms with Gasteiger partial charge in [0.1, 0.15) is 44.7 Å². The van der Waals surface area contributed by atoms with Crippen molar-refractivity contribution in [3.05, 3.63) is 150 Å². The molecule has 0 N–H and O–H groups in total. The second-order valence-electron chi connectivity index (χ2n) is 25.0. The predicted molar refractivity (Wildman–Crippen MR) is 308 cm³/mol. The standard InChI is InChI=1S/C70H49N3O4/c1-5-13-48-40(9-1)58-52(74-48)28-53-59(41-10-2-6-14-49(41)75-53)62(58)44-27-45(63-60-42-11-3-7-15-50(42)76-54(60)29-55-61(63)43-12-4-8-16-51(43)77-55)65-67-47(31-72-69-39-25-34-18-35(26-39)22-37(21-34)57(67)69)73-46-30-71-68-38-23-32-17-33(24-38)20-36(19-32)56(68)66(46)64(44)70(65)73/h1-16,27-39H,17-26H2. The van der Waals surface area contributed by atoms with Crippen LogP contribution in [0.1, 0.15) is 110 Å². The van der Waals surface area contributed by atoms with Crippen molar-refractivity contribution < 1.29 is 17.7 Å². The van der Waals surface area contributed by atoms with Crippen molar-refractivity contribution in [2.24, 2.45) is 23.7 Å². The lowest BCUT2D eigenvalue weighted by atomic mass is 9.67. The number of fused-ring (bicyclic) bond motifs is 18. The fourth-order valence-electron chi connectivity index (χ4n) is 18.9. The molecule has 15 aromatic rings. The zero-order chi connectivity index (χ0) is 49.3. The van der Waals surface area contributed by atoms with E-state index >= 15 is 0 Å². The van der Waals surface area contributed by atoms with Gasteiger partial charge in [0.05, 0.1) is 28.9 Å². The number of aromatic nitrogens is 3. The Morgan fingerprint density at radius 3 is 1.04 bits per heavy atom. The third-order valence-electron chi connectivity index (χ3n) is 21.2. The largest absolute Gasteiger partial charge is 0.456 e. The Kier molecular flexibility index (Phi) is 7.13. The normalized spacial score (nSPS) is 24.6. The third kappa shape index (κ3) is 4.87. The van der Waals surface area contributed by atoms with Crippen LogP contribution in [0.3, 0.4) is 0 Å². The number of benzene rings is 7. The van der Waals surface area contributed by atoms with Gasteiger partial charge in [0.15, 0.2) is 0 Å². The van der Waals surface area contributed by atoms with Gasteiger partial charge in [-0.25, -0.2) is 0 Å². The van der Waals surface area contributed by atoms with Crippen LogP contribution >= 0.6 is 0 Å². The fourth-order valence-corrected chi connectivity index (χ4v) is 18.9. The van der Waals surface area contributed by atoms with Crippen LogP contribution in [0.2, 0.25) is 0 Å². The van der Waals surface area contributed by atoms with E-state index in [2.05, 4.69) is 132 Å². The molecule has 8 aliphatic carbocycles. The SMILES string of the molecule is c1ccc2c(c1)oc1cc3oc4ccccc4c3c(-c3cc(-c4c5c(cc6oc7ccccc7c46)oc4ccccc45)c4c5c6c(ncc5n5c7cnc8c(c7c3c45)C3CC4CC(CC8C4)C3)C3CC4CC(C3)CC6C4)c12. The molecule has 8 heterocycles. The van der Waals surface area contributed by atoms with E-state index in [0.717, 1.165) is 123 Å². The summed E-state index contributed by atoms with van der Waals surface area (Å²) in [7, 11) is 0. The quantitative estimate of drug-likeness (QED) is 0.172. The highest BCUT2D eigenvalue weighted by molar-refractivity contribution is 6.38. The number of nitrogens with zero attached hydrogens (tertiary/aromatic N) is 3. The summed E-state index contributed by atoms with van der Waals surface area (Å²) < 4.78 is 30.7. The lowest BCUT2D eigenvalue weighted by molar-refractivity contribution is 0.165. The molecule has 0 spiro atoms. The molecule has 4 unspecified atom stereocenters. The van der Waals surface area contributed by atoms with Gasteiger partial charge in [-0.1, -0.05) is 72.8 Å². The minimum atomic E-state index is 0.450. The number of para-hydroxylation sites is 4. The lowest BCUT2D eigenvalue weighted by Gasteiger charge is -2.38. The van der Waals surface area contributed by atoms with Gasteiger partial charge in [-0.2, -0.15) is 0 Å². The highest BCUT2D eigenvalue weighted by Gasteiger charge is 2.47. The zero-order valence-electron chi connectivity index (χ0n) is 42.3. The molecule has 7 nitrogen and oxygen atoms in total. The van der Waals surface area contributed by atoms with Crippen LogP contribution in [0.5, 0.6) is 0 Å². The Labute approximate surface area is 439 Å².